The molecule has 4 aromatic carbocycles. The minimum Gasteiger partial charge on any atom is -0.493 e. The molecule has 13 nitrogen and oxygen atoms in total. The molecule has 0 fully saturated rings. The lowest BCUT2D eigenvalue weighted by atomic mass is 10.0. The van der Waals surface area contributed by atoms with Crippen molar-refractivity contribution in [1.29, 1.82) is 0 Å². The maximum absolute atomic E-state index is 12.0. The van der Waals surface area contributed by atoms with E-state index < -0.39 is 5.97 Å². The minimum atomic E-state index is -0.989. The predicted octanol–water partition coefficient (Wildman–Crippen LogP) is 8.31. The molecule has 0 spiro atoms. The van der Waals surface area contributed by atoms with Crippen molar-refractivity contribution in [3.63, 3.8) is 0 Å². The molecule has 2 aliphatic rings. The Morgan fingerprint density at radius 3 is 1.57 bits per heavy atom. The Kier molecular flexibility index (Phi) is 15.1. The van der Waals surface area contributed by atoms with Gasteiger partial charge in [-0.3, -0.25) is 19.6 Å². The molecule has 0 radical (unpaired) electrons. The van der Waals surface area contributed by atoms with Gasteiger partial charge in [0.1, 0.15) is 0 Å². The summed E-state index contributed by atoms with van der Waals surface area (Å²) in [6.07, 6.45) is 12.5. The number of carbonyl (C=O) groups is 3. The zero-order valence-corrected chi connectivity index (χ0v) is 35.3. The highest BCUT2D eigenvalue weighted by Gasteiger charge is 2.25. The van der Waals surface area contributed by atoms with E-state index in [0.29, 0.717) is 54.7 Å². The smallest absolute Gasteiger partial charge is 0.335 e. The van der Waals surface area contributed by atoms with E-state index in [9.17, 15) is 19.5 Å². The zero-order chi connectivity index (χ0) is 43.3. The maximum atomic E-state index is 12.0. The molecule has 4 aromatic rings. The second kappa shape index (κ2) is 21.0. The van der Waals surface area contributed by atoms with Crippen LogP contribution in [0.4, 0.5) is 11.4 Å². The van der Waals surface area contributed by atoms with E-state index in [2.05, 4.69) is 29.6 Å². The van der Waals surface area contributed by atoms with Gasteiger partial charge in [0, 0.05) is 56.3 Å². The van der Waals surface area contributed by atoms with E-state index in [1.54, 1.807) is 60.7 Å². The number of unbranched alkanes of at least 4 members (excludes halogenated alkanes) is 2. The van der Waals surface area contributed by atoms with Gasteiger partial charge in [-0.2, -0.15) is 0 Å². The van der Waals surface area contributed by atoms with Crippen LogP contribution < -0.4 is 24.3 Å². The molecule has 0 saturated heterocycles. The number of hydrogen-bond acceptors (Lipinski definition) is 10. The summed E-state index contributed by atoms with van der Waals surface area (Å²) in [6.45, 7) is 5.64. The van der Waals surface area contributed by atoms with Crippen LogP contribution in [-0.2, 0) is 16.1 Å². The fourth-order valence-corrected chi connectivity index (χ4v) is 7.25. The highest BCUT2D eigenvalue weighted by atomic mass is 16.5. The Balaban J connectivity index is 0.992. The lowest BCUT2D eigenvalue weighted by Gasteiger charge is -2.16. The van der Waals surface area contributed by atoms with Crippen molar-refractivity contribution < 1.29 is 38.4 Å². The third-order valence-electron chi connectivity index (χ3n) is 10.7. The summed E-state index contributed by atoms with van der Waals surface area (Å²) in [5, 5.41) is 12.4. The number of aromatic carboxylic acids is 1. The quantitative estimate of drug-likeness (QED) is 0.0480. The highest BCUT2D eigenvalue weighted by molar-refractivity contribution is 5.89. The average Bonchev–Trinajstić information content (AvgIpc) is 3.90. The predicted molar refractivity (Wildman–Crippen MR) is 238 cm³/mol. The molecule has 2 amide bonds. The van der Waals surface area contributed by atoms with E-state index in [1.807, 2.05) is 57.6 Å². The van der Waals surface area contributed by atoms with Crippen LogP contribution in [0.3, 0.4) is 0 Å². The van der Waals surface area contributed by atoms with Crippen molar-refractivity contribution in [1.82, 2.24) is 15.1 Å². The van der Waals surface area contributed by atoms with E-state index in [4.69, 9.17) is 28.9 Å². The number of nitrogens with one attached hydrogen (secondary N) is 1. The number of aliphatic imine (C=N–C) groups is 2. The van der Waals surface area contributed by atoms with Gasteiger partial charge in [-0.15, -0.1) is 0 Å². The molecule has 0 aromatic heterocycles. The van der Waals surface area contributed by atoms with Crippen LogP contribution >= 0.6 is 0 Å². The minimum absolute atomic E-state index is 0.200. The number of ether oxygens (including phenoxy) is 4. The van der Waals surface area contributed by atoms with Gasteiger partial charge < -0.3 is 39.2 Å². The van der Waals surface area contributed by atoms with Crippen LogP contribution in [0.15, 0.2) is 95.2 Å². The van der Waals surface area contributed by atoms with Crippen LogP contribution in [-0.4, -0.2) is 92.7 Å². The van der Waals surface area contributed by atoms with E-state index in [1.165, 1.54) is 5.56 Å². The Labute approximate surface area is 357 Å². The first-order valence-corrected chi connectivity index (χ1v) is 20.3. The van der Waals surface area contributed by atoms with E-state index in [-0.39, 0.29) is 17.6 Å². The summed E-state index contributed by atoms with van der Waals surface area (Å²) >= 11 is 0. The van der Waals surface area contributed by atoms with Gasteiger partial charge in [-0.05, 0) is 103 Å². The van der Waals surface area contributed by atoms with Crippen LogP contribution in [0.1, 0.15) is 70.3 Å². The number of carboxylic acid groups (broad SMARTS) is 1. The molecule has 318 valence electrons. The molecule has 61 heavy (non-hydrogen) atoms. The van der Waals surface area contributed by atoms with Crippen molar-refractivity contribution in [3.8, 4) is 23.0 Å². The topological polar surface area (TPSA) is 152 Å². The van der Waals surface area contributed by atoms with Crippen molar-refractivity contribution in [2.45, 2.75) is 64.6 Å². The first-order valence-electron chi connectivity index (χ1n) is 20.3. The third kappa shape index (κ3) is 11.1. The molecule has 2 aliphatic heterocycles. The van der Waals surface area contributed by atoms with Gasteiger partial charge in [0.25, 0.3) is 0 Å². The first-order chi connectivity index (χ1) is 29.6. The van der Waals surface area contributed by atoms with Crippen molar-refractivity contribution in [2.24, 2.45) is 9.98 Å². The molecule has 13 heteroatoms. The molecule has 2 unspecified atom stereocenters. The second-order valence-electron chi connectivity index (χ2n) is 15.0. The van der Waals surface area contributed by atoms with E-state index in [0.717, 1.165) is 77.7 Å². The van der Waals surface area contributed by atoms with Crippen LogP contribution in [0.5, 0.6) is 23.0 Å². The number of benzene rings is 4. The van der Waals surface area contributed by atoms with Crippen LogP contribution in [0.2, 0.25) is 0 Å². The number of methoxy groups -OCH3 is 2. The molecule has 0 bridgehead atoms. The monoisotopic (exact) mass is 827 g/mol. The second-order valence-corrected chi connectivity index (χ2v) is 15.0. The van der Waals surface area contributed by atoms with Gasteiger partial charge in [0.05, 0.1) is 56.5 Å². The summed E-state index contributed by atoms with van der Waals surface area (Å²) in [4.78, 5) is 47.9. The standard InChI is InChI=1S/C48H53N5O8/c1-32-19-44(58-4)46(23-42(32)50-26-40-21-38(28-52(40)30-54)35-11-9-34(10-12-35)25-49-3)60-17-7-6-8-18-61-47-24-43(33(2)20-45(47)59-5)51-27-41-22-39(29-53(41)31-55)36-13-15-37(16-14-36)48(56)57/h9-16,19-20,23-24,26-31,40-41,49H,6-8,17-18,21-22,25H2,1-5H3,(H,56,57). The number of carbonyl (C=O) groups excluding carboxylic acids is 2. The van der Waals surface area contributed by atoms with Crippen LogP contribution in [0, 0.1) is 13.8 Å². The maximum Gasteiger partial charge on any atom is 0.335 e. The summed E-state index contributed by atoms with van der Waals surface area (Å²) in [5.74, 6) is 1.42. The van der Waals surface area contributed by atoms with E-state index >= 15 is 0 Å². The third-order valence-corrected chi connectivity index (χ3v) is 10.7. The summed E-state index contributed by atoms with van der Waals surface area (Å²) in [5.41, 5.74) is 8.59. The van der Waals surface area contributed by atoms with Gasteiger partial charge in [0.2, 0.25) is 12.8 Å². The molecule has 0 aliphatic carbocycles. The lowest BCUT2D eigenvalue weighted by molar-refractivity contribution is -0.117. The van der Waals surface area contributed by atoms with Crippen molar-refractivity contribution >= 4 is 53.7 Å². The summed E-state index contributed by atoms with van der Waals surface area (Å²) in [6, 6.07) is 22.0. The first kappa shape index (κ1) is 43.8. The fraction of sp³-hybridized carbons (Fsp3) is 0.312. The number of rotatable bonds is 21. The van der Waals surface area contributed by atoms with Gasteiger partial charge >= 0.3 is 5.97 Å². The SMILES string of the molecule is CNCc1ccc(C2=CN(C=O)C(C=Nc3cc(OCCCCCOc4cc(N=CC5CC(c6ccc(C(=O)O)cc6)=CN5C=O)c(C)cc4OC)c(OC)cc3C)C2)cc1. The highest BCUT2D eigenvalue weighted by Crippen LogP contribution is 2.37. The zero-order valence-electron chi connectivity index (χ0n) is 35.3. The van der Waals surface area contributed by atoms with Gasteiger partial charge in [-0.25, -0.2) is 4.79 Å². The van der Waals surface area contributed by atoms with Crippen molar-refractivity contribution in [3.05, 3.63) is 119 Å². The molecule has 2 atom stereocenters. The summed E-state index contributed by atoms with van der Waals surface area (Å²) < 4.78 is 23.6. The molecular formula is C48H53N5O8. The Bertz CT molecular complexity index is 2300. The number of aryl methyl sites for hydroxylation is 2. The molecular weight excluding hydrogens is 775 g/mol. The number of hydrogen-bond donors (Lipinski definition) is 2. The number of nitrogens with zero attached hydrogens (tertiary/aromatic N) is 4. The molecule has 2 N–H and O–H groups in total. The van der Waals surface area contributed by atoms with Crippen LogP contribution in [0.25, 0.3) is 11.1 Å². The summed E-state index contributed by atoms with van der Waals surface area (Å²) in [7, 11) is 5.14. The Morgan fingerprint density at radius 2 is 1.16 bits per heavy atom. The number of carboxylic acids is 1. The Hall–Kier alpha value is -6.73. The normalized spacial score (nSPS) is 16.2. The van der Waals surface area contributed by atoms with Gasteiger partial charge in [0.15, 0.2) is 23.0 Å². The van der Waals surface area contributed by atoms with Crippen molar-refractivity contribution in [2.75, 3.05) is 34.5 Å². The fourth-order valence-electron chi connectivity index (χ4n) is 7.25. The molecule has 0 saturated carbocycles. The lowest BCUT2D eigenvalue weighted by Crippen LogP contribution is -2.26. The average molecular weight is 828 g/mol. The largest absolute Gasteiger partial charge is 0.493 e. The molecule has 2 heterocycles. The van der Waals surface area contributed by atoms with Gasteiger partial charge in [-0.1, -0.05) is 36.4 Å². The number of amides is 2. The molecule has 6 rings (SSSR count). The Morgan fingerprint density at radius 1 is 0.705 bits per heavy atom.